The van der Waals surface area contributed by atoms with Gasteiger partial charge in [-0.2, -0.15) is 0 Å². The Morgan fingerprint density at radius 1 is 1.42 bits per heavy atom. The molecule has 2 atom stereocenters. The van der Waals surface area contributed by atoms with Crippen molar-refractivity contribution in [3.05, 3.63) is 0 Å². The van der Waals surface area contributed by atoms with Crippen molar-refractivity contribution < 1.29 is 18.5 Å². The van der Waals surface area contributed by atoms with Crippen molar-refractivity contribution in [1.82, 2.24) is 0 Å². The summed E-state index contributed by atoms with van der Waals surface area (Å²) in [5.74, 6) is 0.283. The van der Waals surface area contributed by atoms with Crippen molar-refractivity contribution in [2.45, 2.75) is 27.2 Å². The maximum Gasteiger partial charge on any atom is 0.472 e. The van der Waals surface area contributed by atoms with Crippen LogP contribution in [0.5, 0.6) is 0 Å². The predicted molar refractivity (Wildman–Crippen MR) is 46.9 cm³/mol. The Labute approximate surface area is 73.5 Å². The van der Waals surface area contributed by atoms with Gasteiger partial charge < -0.3 is 4.89 Å². The van der Waals surface area contributed by atoms with Crippen LogP contribution in [-0.4, -0.2) is 18.1 Å². The van der Waals surface area contributed by atoms with Crippen LogP contribution < -0.4 is 0 Å². The molecule has 0 aliphatic carbocycles. The summed E-state index contributed by atoms with van der Waals surface area (Å²) < 4.78 is 20.2. The van der Waals surface area contributed by atoms with Crippen LogP contribution in [0.4, 0.5) is 0 Å². The molecule has 74 valence electrons. The highest BCUT2D eigenvalue weighted by molar-refractivity contribution is 7.47. The molecule has 0 rings (SSSR count). The molecule has 5 heteroatoms. The third kappa shape index (κ3) is 5.72. The number of phosphoric ester groups is 1. The summed E-state index contributed by atoms with van der Waals surface area (Å²) in [7, 11) is -3.76. The molecule has 0 aromatic heterocycles. The molecule has 0 fully saturated rings. The summed E-state index contributed by atoms with van der Waals surface area (Å²) in [6, 6.07) is 0. The maximum atomic E-state index is 10.9. The van der Waals surface area contributed by atoms with E-state index in [1.807, 2.05) is 13.8 Å². The van der Waals surface area contributed by atoms with E-state index in [2.05, 4.69) is 4.52 Å². The Bertz CT molecular complexity index is 159. The summed E-state index contributed by atoms with van der Waals surface area (Å²) >= 11 is 0. The molecule has 0 radical (unpaired) electrons. The summed E-state index contributed by atoms with van der Waals surface area (Å²) in [6.07, 6.45) is 0.923. The zero-order valence-corrected chi connectivity index (χ0v) is 8.71. The molecular weight excluding hydrogens is 179 g/mol. The predicted octanol–water partition coefficient (Wildman–Crippen LogP) is 2.19. The van der Waals surface area contributed by atoms with Crippen molar-refractivity contribution in [2.75, 3.05) is 13.2 Å². The summed E-state index contributed by atoms with van der Waals surface area (Å²) in [5.41, 5.74) is 0. The van der Waals surface area contributed by atoms with Gasteiger partial charge >= 0.3 is 7.82 Å². The van der Waals surface area contributed by atoms with Crippen molar-refractivity contribution in [3.8, 4) is 0 Å². The van der Waals surface area contributed by atoms with Crippen molar-refractivity contribution in [1.29, 1.82) is 0 Å². The number of phosphoric acid groups is 1. The minimum absolute atomic E-state index is 0.189. The number of rotatable bonds is 6. The lowest BCUT2D eigenvalue weighted by Gasteiger charge is -2.13. The first-order valence-electron chi connectivity index (χ1n) is 4.13. The molecule has 0 aromatic carbocycles. The van der Waals surface area contributed by atoms with E-state index in [9.17, 15) is 4.57 Å². The molecule has 1 N–H and O–H groups in total. The first kappa shape index (κ1) is 12.1. The van der Waals surface area contributed by atoms with Crippen LogP contribution in [0.25, 0.3) is 0 Å². The van der Waals surface area contributed by atoms with Crippen LogP contribution in [0.1, 0.15) is 27.2 Å². The third-order valence-corrected chi connectivity index (χ3v) is 2.57. The van der Waals surface area contributed by atoms with Crippen LogP contribution in [0, 0.1) is 5.92 Å². The molecule has 0 spiro atoms. The molecule has 0 heterocycles. The molecule has 0 saturated carbocycles. The normalized spacial score (nSPS) is 18.7. The van der Waals surface area contributed by atoms with Gasteiger partial charge in [-0.25, -0.2) is 4.57 Å². The van der Waals surface area contributed by atoms with Gasteiger partial charge in [0.05, 0.1) is 13.2 Å². The van der Waals surface area contributed by atoms with Gasteiger partial charge in [0.2, 0.25) is 0 Å². The first-order chi connectivity index (χ1) is 5.52. The average Bonchev–Trinajstić information content (AvgIpc) is 2.00. The Balaban J connectivity index is 3.67. The molecule has 0 aliphatic rings. The lowest BCUT2D eigenvalue weighted by atomic mass is 10.1. The summed E-state index contributed by atoms with van der Waals surface area (Å²) in [5, 5.41) is 0. The van der Waals surface area contributed by atoms with Crippen molar-refractivity contribution in [2.24, 2.45) is 5.92 Å². The van der Waals surface area contributed by atoms with Gasteiger partial charge in [0.25, 0.3) is 0 Å². The largest absolute Gasteiger partial charge is 0.472 e. The smallest absolute Gasteiger partial charge is 0.302 e. The molecule has 0 bridgehead atoms. The fraction of sp³-hybridized carbons (Fsp3) is 1.00. The van der Waals surface area contributed by atoms with E-state index < -0.39 is 7.82 Å². The van der Waals surface area contributed by atoms with Gasteiger partial charge in [-0.3, -0.25) is 9.05 Å². The van der Waals surface area contributed by atoms with E-state index >= 15 is 0 Å². The fourth-order valence-corrected chi connectivity index (χ4v) is 1.38. The lowest BCUT2D eigenvalue weighted by Crippen LogP contribution is -2.04. The second-order valence-electron chi connectivity index (χ2n) is 2.70. The highest BCUT2D eigenvalue weighted by Gasteiger charge is 2.20. The van der Waals surface area contributed by atoms with E-state index in [1.165, 1.54) is 0 Å². The van der Waals surface area contributed by atoms with E-state index in [0.29, 0.717) is 0 Å². The van der Waals surface area contributed by atoms with Gasteiger partial charge in [-0.15, -0.1) is 0 Å². The minimum Gasteiger partial charge on any atom is -0.302 e. The van der Waals surface area contributed by atoms with Gasteiger partial charge in [-0.05, 0) is 12.8 Å². The Morgan fingerprint density at radius 2 is 2.00 bits per heavy atom. The topological polar surface area (TPSA) is 55.8 Å². The van der Waals surface area contributed by atoms with Gasteiger partial charge in [-0.1, -0.05) is 20.3 Å². The molecule has 0 aliphatic heterocycles. The minimum atomic E-state index is -3.76. The SMILES string of the molecule is CCOP(=O)(O)OCC(C)CC. The van der Waals surface area contributed by atoms with Gasteiger partial charge in [0, 0.05) is 0 Å². The third-order valence-electron chi connectivity index (χ3n) is 1.51. The van der Waals surface area contributed by atoms with E-state index in [0.717, 1.165) is 6.42 Å². The number of hydrogen-bond donors (Lipinski definition) is 1. The monoisotopic (exact) mass is 196 g/mol. The molecule has 0 amide bonds. The lowest BCUT2D eigenvalue weighted by molar-refractivity contribution is 0.138. The zero-order chi connectivity index (χ0) is 9.61. The fourth-order valence-electron chi connectivity index (χ4n) is 0.540. The van der Waals surface area contributed by atoms with Crippen molar-refractivity contribution in [3.63, 3.8) is 0 Å². The van der Waals surface area contributed by atoms with Crippen LogP contribution in [0.2, 0.25) is 0 Å². The highest BCUT2D eigenvalue weighted by Crippen LogP contribution is 2.43. The van der Waals surface area contributed by atoms with E-state index in [4.69, 9.17) is 9.42 Å². The molecule has 0 aromatic rings. The highest BCUT2D eigenvalue weighted by atomic mass is 31.2. The second-order valence-corrected chi connectivity index (χ2v) is 4.15. The van der Waals surface area contributed by atoms with Gasteiger partial charge in [0.15, 0.2) is 0 Å². The number of hydrogen-bond acceptors (Lipinski definition) is 3. The van der Waals surface area contributed by atoms with Crippen LogP contribution in [0.15, 0.2) is 0 Å². The van der Waals surface area contributed by atoms with Crippen LogP contribution >= 0.6 is 7.82 Å². The maximum absolute atomic E-state index is 10.9. The van der Waals surface area contributed by atoms with Crippen LogP contribution in [-0.2, 0) is 13.6 Å². The standard InChI is InChI=1S/C7H17O4P/c1-4-7(3)6-11-12(8,9)10-5-2/h7H,4-6H2,1-3H3,(H,8,9). The van der Waals surface area contributed by atoms with E-state index in [1.54, 1.807) is 6.92 Å². The summed E-state index contributed by atoms with van der Waals surface area (Å²) in [4.78, 5) is 8.97. The molecule has 4 nitrogen and oxygen atoms in total. The average molecular weight is 196 g/mol. The first-order valence-corrected chi connectivity index (χ1v) is 5.63. The molecule has 2 unspecified atom stereocenters. The summed E-state index contributed by atoms with van der Waals surface area (Å²) in [6.45, 7) is 6.05. The van der Waals surface area contributed by atoms with E-state index in [-0.39, 0.29) is 19.1 Å². The van der Waals surface area contributed by atoms with Gasteiger partial charge in [0.1, 0.15) is 0 Å². The Kier molecular flexibility index (Phi) is 5.76. The Morgan fingerprint density at radius 3 is 2.42 bits per heavy atom. The van der Waals surface area contributed by atoms with Crippen LogP contribution in [0.3, 0.4) is 0 Å². The zero-order valence-electron chi connectivity index (χ0n) is 7.82. The molecule has 12 heavy (non-hydrogen) atoms. The van der Waals surface area contributed by atoms with Crippen molar-refractivity contribution >= 4 is 7.82 Å². The quantitative estimate of drug-likeness (QED) is 0.661. The second kappa shape index (κ2) is 5.70. The Hall–Kier alpha value is 0.110. The molecular formula is C7H17O4P. The molecule has 0 saturated heterocycles.